The van der Waals surface area contributed by atoms with E-state index >= 15 is 0 Å². The quantitative estimate of drug-likeness (QED) is 0.798. The first-order chi connectivity index (χ1) is 9.97. The van der Waals surface area contributed by atoms with Gasteiger partial charge in [0.2, 0.25) is 0 Å². The van der Waals surface area contributed by atoms with Gasteiger partial charge < -0.3 is 15.7 Å². The molecule has 0 aromatic heterocycles. The van der Waals surface area contributed by atoms with E-state index in [1.165, 1.54) is 0 Å². The van der Waals surface area contributed by atoms with E-state index < -0.39 is 5.97 Å². The second kappa shape index (κ2) is 6.61. The molecule has 0 saturated heterocycles. The molecule has 1 saturated carbocycles. The zero-order valence-electron chi connectivity index (χ0n) is 12.5. The number of urea groups is 1. The van der Waals surface area contributed by atoms with Gasteiger partial charge in [0.05, 0.1) is 11.3 Å². The molecule has 0 spiro atoms. The summed E-state index contributed by atoms with van der Waals surface area (Å²) in [6.07, 6.45) is 4.20. The molecular weight excluding hydrogens is 268 g/mol. The Morgan fingerprint density at radius 3 is 2.48 bits per heavy atom. The molecule has 5 heteroatoms. The topological polar surface area (TPSA) is 78.4 Å². The number of hydrogen-bond donors (Lipinski definition) is 3. The Kier molecular flexibility index (Phi) is 4.83. The highest BCUT2D eigenvalue weighted by Gasteiger charge is 2.21. The van der Waals surface area contributed by atoms with Gasteiger partial charge in [-0.15, -0.1) is 0 Å². The Morgan fingerprint density at radius 2 is 1.86 bits per heavy atom. The average molecular weight is 290 g/mol. The fourth-order valence-corrected chi connectivity index (χ4v) is 2.80. The van der Waals surface area contributed by atoms with Crippen molar-refractivity contribution in [2.45, 2.75) is 45.6 Å². The lowest BCUT2D eigenvalue weighted by Crippen LogP contribution is -2.40. The van der Waals surface area contributed by atoms with Gasteiger partial charge in [-0.2, -0.15) is 0 Å². The zero-order valence-corrected chi connectivity index (χ0v) is 12.5. The van der Waals surface area contributed by atoms with Crippen LogP contribution in [0.1, 0.15) is 48.5 Å². The van der Waals surface area contributed by atoms with E-state index in [4.69, 9.17) is 0 Å². The summed E-state index contributed by atoms with van der Waals surface area (Å²) in [5.74, 6) is -0.309. The molecule has 114 valence electrons. The van der Waals surface area contributed by atoms with Crippen molar-refractivity contribution in [2.75, 3.05) is 5.32 Å². The molecule has 1 fully saturated rings. The number of anilines is 1. The van der Waals surface area contributed by atoms with Crippen LogP contribution < -0.4 is 10.6 Å². The second-order valence-electron chi connectivity index (χ2n) is 5.86. The summed E-state index contributed by atoms with van der Waals surface area (Å²) < 4.78 is 0. The SMILES string of the molecule is Cc1cccc(NC(=O)NC2CCC(C)CC2)c1C(=O)O. The molecular formula is C16H22N2O3. The zero-order chi connectivity index (χ0) is 15.4. The number of amides is 2. The number of benzene rings is 1. The lowest BCUT2D eigenvalue weighted by Gasteiger charge is -2.27. The van der Waals surface area contributed by atoms with Gasteiger partial charge in [-0.05, 0) is 50.2 Å². The van der Waals surface area contributed by atoms with Crippen molar-refractivity contribution in [1.82, 2.24) is 5.32 Å². The van der Waals surface area contributed by atoms with Crippen molar-refractivity contribution >= 4 is 17.7 Å². The van der Waals surface area contributed by atoms with Crippen LogP contribution >= 0.6 is 0 Å². The van der Waals surface area contributed by atoms with Gasteiger partial charge in [0.15, 0.2) is 0 Å². The van der Waals surface area contributed by atoms with E-state index in [1.807, 2.05) is 0 Å². The van der Waals surface area contributed by atoms with E-state index in [9.17, 15) is 14.7 Å². The van der Waals surface area contributed by atoms with E-state index in [2.05, 4.69) is 17.6 Å². The van der Waals surface area contributed by atoms with Crippen molar-refractivity contribution in [3.8, 4) is 0 Å². The van der Waals surface area contributed by atoms with Gasteiger partial charge in [-0.25, -0.2) is 9.59 Å². The highest BCUT2D eigenvalue weighted by molar-refractivity contribution is 6.01. The molecule has 0 aliphatic heterocycles. The van der Waals surface area contributed by atoms with Crippen molar-refractivity contribution in [3.63, 3.8) is 0 Å². The molecule has 3 N–H and O–H groups in total. The van der Waals surface area contributed by atoms with Crippen LogP contribution in [-0.4, -0.2) is 23.1 Å². The van der Waals surface area contributed by atoms with Crippen LogP contribution in [0.2, 0.25) is 0 Å². The predicted octanol–water partition coefficient (Wildman–Crippen LogP) is 3.39. The van der Waals surface area contributed by atoms with Crippen molar-refractivity contribution in [3.05, 3.63) is 29.3 Å². The number of carboxylic acid groups (broad SMARTS) is 1. The Balaban J connectivity index is 2.00. The minimum atomic E-state index is -1.03. The first-order valence-corrected chi connectivity index (χ1v) is 7.37. The molecule has 1 aromatic rings. The first kappa shape index (κ1) is 15.4. The standard InChI is InChI=1S/C16H22N2O3/c1-10-6-8-12(9-7-10)17-16(21)18-13-5-3-4-11(2)14(13)15(19)20/h3-5,10,12H,6-9H2,1-2H3,(H,19,20)(H2,17,18,21). The van der Waals surface area contributed by atoms with Gasteiger partial charge in [0, 0.05) is 6.04 Å². The number of aromatic carboxylic acids is 1. The Bertz CT molecular complexity index is 534. The van der Waals surface area contributed by atoms with E-state index in [0.717, 1.165) is 31.6 Å². The predicted molar refractivity (Wildman–Crippen MR) is 81.7 cm³/mol. The lowest BCUT2D eigenvalue weighted by atomic mass is 9.87. The smallest absolute Gasteiger partial charge is 0.338 e. The van der Waals surface area contributed by atoms with Gasteiger partial charge >= 0.3 is 12.0 Å². The van der Waals surface area contributed by atoms with Crippen LogP contribution in [0.4, 0.5) is 10.5 Å². The maximum Gasteiger partial charge on any atom is 0.338 e. The molecule has 2 rings (SSSR count). The Hall–Kier alpha value is -2.04. The summed E-state index contributed by atoms with van der Waals surface area (Å²) >= 11 is 0. The maximum absolute atomic E-state index is 12.0. The molecule has 1 aromatic carbocycles. The fraction of sp³-hybridized carbons (Fsp3) is 0.500. The number of rotatable bonds is 3. The third kappa shape index (κ3) is 3.97. The number of carbonyl (C=O) groups is 2. The molecule has 2 amide bonds. The fourth-order valence-electron chi connectivity index (χ4n) is 2.80. The lowest BCUT2D eigenvalue weighted by molar-refractivity contribution is 0.0697. The van der Waals surface area contributed by atoms with E-state index in [0.29, 0.717) is 11.3 Å². The molecule has 1 aliphatic rings. The maximum atomic E-state index is 12.0. The van der Waals surface area contributed by atoms with E-state index in [-0.39, 0.29) is 17.6 Å². The van der Waals surface area contributed by atoms with Gasteiger partial charge in [0.1, 0.15) is 0 Å². The summed E-state index contributed by atoms with van der Waals surface area (Å²) in [5.41, 5.74) is 1.11. The number of hydrogen-bond acceptors (Lipinski definition) is 2. The third-order valence-corrected chi connectivity index (χ3v) is 4.09. The van der Waals surface area contributed by atoms with Crippen LogP contribution in [-0.2, 0) is 0 Å². The largest absolute Gasteiger partial charge is 0.478 e. The number of nitrogens with one attached hydrogen (secondary N) is 2. The summed E-state index contributed by atoms with van der Waals surface area (Å²) in [4.78, 5) is 23.3. The van der Waals surface area contributed by atoms with Crippen LogP contribution in [0.3, 0.4) is 0 Å². The molecule has 0 unspecified atom stereocenters. The first-order valence-electron chi connectivity index (χ1n) is 7.37. The third-order valence-electron chi connectivity index (χ3n) is 4.09. The van der Waals surface area contributed by atoms with Crippen LogP contribution in [0.15, 0.2) is 18.2 Å². The number of carboxylic acids is 1. The number of carbonyl (C=O) groups excluding carboxylic acids is 1. The highest BCUT2D eigenvalue weighted by Crippen LogP contribution is 2.24. The Labute approximate surface area is 124 Å². The number of aryl methyl sites for hydroxylation is 1. The van der Waals surface area contributed by atoms with Gasteiger partial charge in [-0.3, -0.25) is 0 Å². The monoisotopic (exact) mass is 290 g/mol. The van der Waals surface area contributed by atoms with Crippen molar-refractivity contribution in [1.29, 1.82) is 0 Å². The minimum Gasteiger partial charge on any atom is -0.478 e. The highest BCUT2D eigenvalue weighted by atomic mass is 16.4. The molecule has 5 nitrogen and oxygen atoms in total. The average Bonchev–Trinajstić information content (AvgIpc) is 2.41. The second-order valence-corrected chi connectivity index (χ2v) is 5.86. The van der Waals surface area contributed by atoms with E-state index in [1.54, 1.807) is 25.1 Å². The molecule has 0 heterocycles. The van der Waals surface area contributed by atoms with Crippen molar-refractivity contribution in [2.24, 2.45) is 5.92 Å². The molecule has 21 heavy (non-hydrogen) atoms. The van der Waals surface area contributed by atoms with Crippen LogP contribution in [0, 0.1) is 12.8 Å². The molecule has 0 bridgehead atoms. The summed E-state index contributed by atoms with van der Waals surface area (Å²) in [6.45, 7) is 3.94. The molecule has 0 radical (unpaired) electrons. The summed E-state index contributed by atoms with van der Waals surface area (Å²) in [5, 5.41) is 14.8. The molecule has 1 aliphatic carbocycles. The normalized spacial score (nSPS) is 21.6. The summed E-state index contributed by atoms with van der Waals surface area (Å²) in [6, 6.07) is 4.91. The van der Waals surface area contributed by atoms with Crippen LogP contribution in [0.5, 0.6) is 0 Å². The van der Waals surface area contributed by atoms with Crippen LogP contribution in [0.25, 0.3) is 0 Å². The summed E-state index contributed by atoms with van der Waals surface area (Å²) in [7, 11) is 0. The molecule has 0 atom stereocenters. The van der Waals surface area contributed by atoms with Gasteiger partial charge in [0.25, 0.3) is 0 Å². The van der Waals surface area contributed by atoms with Gasteiger partial charge in [-0.1, -0.05) is 19.1 Å². The Morgan fingerprint density at radius 1 is 1.19 bits per heavy atom. The minimum absolute atomic E-state index is 0.143. The van der Waals surface area contributed by atoms with Crippen molar-refractivity contribution < 1.29 is 14.7 Å².